The van der Waals surface area contributed by atoms with Crippen LogP contribution in [0.1, 0.15) is 47.7 Å². The van der Waals surface area contributed by atoms with E-state index in [0.717, 1.165) is 30.2 Å². The number of amides is 1. The van der Waals surface area contributed by atoms with Gasteiger partial charge in [0.25, 0.3) is 5.91 Å². The van der Waals surface area contributed by atoms with Crippen molar-refractivity contribution in [3.05, 3.63) is 62.5 Å². The monoisotopic (exact) mass is 487 g/mol. The third-order valence-electron chi connectivity index (χ3n) is 6.47. The molecule has 0 saturated carbocycles. The fourth-order valence-corrected chi connectivity index (χ4v) is 5.54. The van der Waals surface area contributed by atoms with Crippen molar-refractivity contribution in [1.29, 1.82) is 0 Å². The number of aromatic nitrogens is 3. The molecular weight excluding hydrogens is 464 g/mol. The minimum Gasteiger partial charge on any atom is -0.502 e. The van der Waals surface area contributed by atoms with Gasteiger partial charge in [0.15, 0.2) is 16.5 Å². The second-order valence-corrected chi connectivity index (χ2v) is 9.75. The van der Waals surface area contributed by atoms with Gasteiger partial charge in [-0.25, -0.2) is 8.78 Å². The maximum atomic E-state index is 14.0. The number of pyridine rings is 1. The molecule has 4 heterocycles. The normalized spacial score (nSPS) is 19.8. The van der Waals surface area contributed by atoms with Crippen LogP contribution in [0.5, 0.6) is 5.75 Å². The van der Waals surface area contributed by atoms with Crippen LogP contribution in [-0.2, 0) is 6.42 Å². The highest BCUT2D eigenvalue weighted by Gasteiger charge is 2.42. The van der Waals surface area contributed by atoms with Gasteiger partial charge in [-0.1, -0.05) is 24.3 Å². The lowest BCUT2D eigenvalue weighted by Crippen LogP contribution is -2.63. The quantitative estimate of drug-likeness (QED) is 0.608. The van der Waals surface area contributed by atoms with Crippen molar-refractivity contribution in [2.75, 3.05) is 18.1 Å². The van der Waals surface area contributed by atoms with Crippen LogP contribution in [0.25, 0.3) is 10.6 Å². The molecule has 3 aromatic rings. The Hall–Kier alpha value is -3.34. The van der Waals surface area contributed by atoms with Gasteiger partial charge in [-0.15, -0.1) is 10.2 Å². The lowest BCUT2D eigenvalue weighted by atomic mass is 9.95. The van der Waals surface area contributed by atoms with Gasteiger partial charge in [-0.3, -0.25) is 19.3 Å². The van der Waals surface area contributed by atoms with Crippen LogP contribution >= 0.6 is 11.3 Å². The molecule has 0 unspecified atom stereocenters. The first-order valence-corrected chi connectivity index (χ1v) is 11.9. The number of hydrogen-bond acceptors (Lipinski definition) is 7. The molecule has 1 amide bonds. The molecule has 1 aromatic carbocycles. The Morgan fingerprint density at radius 2 is 2.03 bits per heavy atom. The fourth-order valence-electron chi connectivity index (χ4n) is 4.67. The van der Waals surface area contributed by atoms with Gasteiger partial charge in [0, 0.05) is 31.8 Å². The SMILES string of the molecule is CCN1C(=O)c2c(O)c(=O)c(-c3nnc(Cc4ccc(F)cc4F)s3)cn2N2CC[C@H](C)C[C@@H]12. The second kappa shape index (κ2) is 8.46. The van der Waals surface area contributed by atoms with Gasteiger partial charge in [-0.2, -0.15) is 0 Å². The van der Waals surface area contributed by atoms with Crippen LogP contribution in [0, 0.1) is 17.6 Å². The minimum absolute atomic E-state index is 0.0560. The highest BCUT2D eigenvalue weighted by molar-refractivity contribution is 7.14. The molecule has 11 heteroatoms. The number of carbonyl (C=O) groups is 1. The third kappa shape index (κ3) is 3.64. The average molecular weight is 488 g/mol. The number of carbonyl (C=O) groups excluding carboxylic acids is 1. The van der Waals surface area contributed by atoms with Crippen LogP contribution in [0.15, 0.2) is 29.2 Å². The minimum atomic E-state index is -0.713. The molecular formula is C23H23F2N5O3S. The molecule has 1 saturated heterocycles. The number of rotatable bonds is 4. The van der Waals surface area contributed by atoms with Gasteiger partial charge in [0.2, 0.25) is 5.43 Å². The summed E-state index contributed by atoms with van der Waals surface area (Å²) < 4.78 is 28.8. The standard InChI is InChI=1S/C23H23F2N5O3S/c1-3-28-18-8-12(2)6-7-29(18)30-11-15(20(31)21(32)19(30)23(28)33)22-27-26-17(34-22)9-13-4-5-14(24)10-16(13)25/h4-5,10-12,18,32H,3,6-9H2,1-2H3/t12-,18-/m0/s1. The number of hydrogen-bond donors (Lipinski definition) is 1. The summed E-state index contributed by atoms with van der Waals surface area (Å²) in [6, 6.07) is 3.31. The lowest BCUT2D eigenvalue weighted by molar-refractivity contribution is 0.0498. The highest BCUT2D eigenvalue weighted by atomic mass is 32.1. The van der Waals surface area contributed by atoms with Crippen LogP contribution < -0.4 is 10.4 Å². The first-order chi connectivity index (χ1) is 16.3. The van der Waals surface area contributed by atoms with Crippen LogP contribution in [0.2, 0.25) is 0 Å². The fraction of sp³-hybridized carbons (Fsp3) is 0.391. The molecule has 34 heavy (non-hydrogen) atoms. The van der Waals surface area contributed by atoms with Gasteiger partial charge in [-0.05, 0) is 37.3 Å². The molecule has 2 atom stereocenters. The molecule has 2 aliphatic rings. The molecule has 5 rings (SSSR count). The van der Waals surface area contributed by atoms with Crippen LogP contribution in [0.3, 0.4) is 0 Å². The summed E-state index contributed by atoms with van der Waals surface area (Å²) in [7, 11) is 0. The lowest BCUT2D eigenvalue weighted by Gasteiger charge is -2.50. The molecule has 2 aromatic heterocycles. The van der Waals surface area contributed by atoms with E-state index in [0.29, 0.717) is 24.0 Å². The number of aromatic hydroxyl groups is 1. The smallest absolute Gasteiger partial charge is 0.278 e. The maximum absolute atomic E-state index is 14.0. The number of fused-ring (bicyclic) bond motifs is 3. The van der Waals surface area contributed by atoms with Crippen molar-refractivity contribution in [2.24, 2.45) is 5.92 Å². The maximum Gasteiger partial charge on any atom is 0.278 e. The molecule has 0 radical (unpaired) electrons. The Labute approximate surface area is 198 Å². The molecule has 0 bridgehead atoms. The Morgan fingerprint density at radius 1 is 1.24 bits per heavy atom. The zero-order valence-electron chi connectivity index (χ0n) is 18.7. The summed E-state index contributed by atoms with van der Waals surface area (Å²) in [5, 5.41) is 21.6. The van der Waals surface area contributed by atoms with E-state index in [2.05, 4.69) is 17.1 Å². The molecule has 0 aliphatic carbocycles. The van der Waals surface area contributed by atoms with Crippen molar-refractivity contribution in [1.82, 2.24) is 19.8 Å². The van der Waals surface area contributed by atoms with Gasteiger partial charge >= 0.3 is 0 Å². The van der Waals surface area contributed by atoms with E-state index in [1.807, 2.05) is 11.9 Å². The van der Waals surface area contributed by atoms with E-state index in [-0.39, 0.29) is 40.3 Å². The molecule has 0 spiro atoms. The average Bonchev–Trinajstić information content (AvgIpc) is 3.26. The zero-order chi connectivity index (χ0) is 24.1. The van der Waals surface area contributed by atoms with Crippen molar-refractivity contribution < 1.29 is 18.7 Å². The summed E-state index contributed by atoms with van der Waals surface area (Å²) in [4.78, 5) is 27.9. The van der Waals surface area contributed by atoms with E-state index in [1.165, 1.54) is 18.3 Å². The first kappa shape index (κ1) is 22.5. The number of benzene rings is 1. The molecule has 178 valence electrons. The van der Waals surface area contributed by atoms with E-state index >= 15 is 0 Å². The third-order valence-corrected chi connectivity index (χ3v) is 7.42. The van der Waals surface area contributed by atoms with Gasteiger partial charge < -0.3 is 10.0 Å². The number of piperidine rings is 1. The first-order valence-electron chi connectivity index (χ1n) is 11.1. The molecule has 8 nitrogen and oxygen atoms in total. The van der Waals surface area contributed by atoms with E-state index < -0.39 is 22.8 Å². The Morgan fingerprint density at radius 3 is 2.76 bits per heavy atom. The largest absolute Gasteiger partial charge is 0.502 e. The zero-order valence-corrected chi connectivity index (χ0v) is 19.5. The van der Waals surface area contributed by atoms with Crippen molar-refractivity contribution in [3.63, 3.8) is 0 Å². The number of halogens is 2. The van der Waals surface area contributed by atoms with Crippen molar-refractivity contribution in [3.8, 4) is 16.3 Å². The van der Waals surface area contributed by atoms with Crippen LogP contribution in [0.4, 0.5) is 8.78 Å². The number of nitrogens with zero attached hydrogens (tertiary/aromatic N) is 5. The molecule has 1 N–H and O–H groups in total. The predicted octanol–water partition coefficient (Wildman–Crippen LogP) is 3.11. The summed E-state index contributed by atoms with van der Waals surface area (Å²) in [5.74, 6) is -1.93. The van der Waals surface area contributed by atoms with Crippen molar-refractivity contribution >= 4 is 17.2 Å². The summed E-state index contributed by atoms with van der Waals surface area (Å²) >= 11 is 1.08. The van der Waals surface area contributed by atoms with Gasteiger partial charge in [0.05, 0.1) is 5.56 Å². The summed E-state index contributed by atoms with van der Waals surface area (Å²) in [6.45, 7) is 5.14. The molecule has 1 fully saturated rings. The summed E-state index contributed by atoms with van der Waals surface area (Å²) in [6.07, 6.45) is 3.14. The van der Waals surface area contributed by atoms with Crippen molar-refractivity contribution in [2.45, 2.75) is 39.3 Å². The van der Waals surface area contributed by atoms with Crippen LogP contribution in [-0.4, -0.2) is 50.0 Å². The Kier molecular flexibility index (Phi) is 5.59. The van der Waals surface area contributed by atoms with E-state index in [1.54, 1.807) is 9.58 Å². The second-order valence-electron chi connectivity index (χ2n) is 8.69. The Balaban J connectivity index is 1.55. The Bertz CT molecular complexity index is 1340. The topological polar surface area (TPSA) is 91.6 Å². The van der Waals surface area contributed by atoms with E-state index in [4.69, 9.17) is 0 Å². The van der Waals surface area contributed by atoms with E-state index in [9.17, 15) is 23.5 Å². The highest BCUT2D eigenvalue weighted by Crippen LogP contribution is 2.33. The summed E-state index contributed by atoms with van der Waals surface area (Å²) in [5.41, 5.74) is -0.404. The van der Waals surface area contributed by atoms with Gasteiger partial charge in [0.1, 0.15) is 22.8 Å². The molecule has 2 aliphatic heterocycles. The predicted molar refractivity (Wildman–Crippen MR) is 122 cm³/mol.